The molecule has 1 aliphatic rings. The Kier molecular flexibility index (Phi) is 8.01. The summed E-state index contributed by atoms with van der Waals surface area (Å²) in [6, 6.07) is 11.3. The first kappa shape index (κ1) is 24.3. The average molecular weight is 465 g/mol. The molecule has 1 unspecified atom stereocenters. The molecule has 2 aromatic carbocycles. The number of likely N-dealkylation sites (tertiary alicyclic amines) is 1. The molecular weight excluding hydrogens is 441 g/mol. The summed E-state index contributed by atoms with van der Waals surface area (Å²) in [7, 11) is -3.92. The second kappa shape index (κ2) is 9.89. The first-order valence-electron chi connectivity index (χ1n) is 9.37. The van der Waals surface area contributed by atoms with Gasteiger partial charge < -0.3 is 9.64 Å². The second-order valence-electron chi connectivity index (χ2n) is 7.03. The topological polar surface area (TPSA) is 58.6 Å². The van der Waals surface area contributed by atoms with E-state index < -0.39 is 22.1 Å². The highest BCUT2D eigenvalue weighted by molar-refractivity contribution is 7.92. The Morgan fingerprint density at radius 1 is 1.10 bits per heavy atom. The van der Waals surface area contributed by atoms with E-state index in [-0.39, 0.29) is 17.3 Å². The van der Waals surface area contributed by atoms with Gasteiger partial charge in [0.2, 0.25) is 0 Å². The third-order valence-electron chi connectivity index (χ3n) is 4.81. The molecular formula is C20H24ClF3N2O3S. The fourth-order valence-corrected chi connectivity index (χ4v) is 4.54. The van der Waals surface area contributed by atoms with Gasteiger partial charge in [0, 0.05) is 12.2 Å². The van der Waals surface area contributed by atoms with E-state index in [0.29, 0.717) is 11.6 Å². The van der Waals surface area contributed by atoms with Gasteiger partial charge >= 0.3 is 6.36 Å². The standard InChI is InChI=1S/C20H23F3N2O3S.ClH/c1-2-12-25-13-11-16(14-25)15-3-5-17(6-4-15)24-29(26,27)19-9-7-18(8-10-19)28-20(21,22)23;/h3-10,16,24H,2,11-14H2,1H3;1H. The van der Waals surface area contributed by atoms with Crippen LogP contribution in [-0.2, 0) is 10.0 Å². The van der Waals surface area contributed by atoms with Crippen molar-refractivity contribution in [2.75, 3.05) is 24.4 Å². The number of anilines is 1. The van der Waals surface area contributed by atoms with Crippen LogP contribution in [0, 0.1) is 0 Å². The van der Waals surface area contributed by atoms with Crippen molar-refractivity contribution in [3.05, 3.63) is 54.1 Å². The van der Waals surface area contributed by atoms with E-state index in [1.807, 2.05) is 12.1 Å². The molecule has 1 atom stereocenters. The minimum atomic E-state index is -4.83. The molecule has 1 fully saturated rings. The van der Waals surface area contributed by atoms with Crippen LogP contribution in [0.3, 0.4) is 0 Å². The fourth-order valence-electron chi connectivity index (χ4n) is 3.48. The number of sulfonamides is 1. The Hall–Kier alpha value is -1.97. The lowest BCUT2D eigenvalue weighted by molar-refractivity contribution is -0.274. The van der Waals surface area contributed by atoms with E-state index in [9.17, 15) is 21.6 Å². The van der Waals surface area contributed by atoms with Crippen molar-refractivity contribution in [1.29, 1.82) is 0 Å². The lowest BCUT2D eigenvalue weighted by Crippen LogP contribution is -2.20. The highest BCUT2D eigenvalue weighted by Crippen LogP contribution is 2.29. The number of benzene rings is 2. The van der Waals surface area contributed by atoms with Crippen LogP contribution in [-0.4, -0.2) is 39.3 Å². The van der Waals surface area contributed by atoms with Gasteiger partial charge in [0.1, 0.15) is 5.75 Å². The lowest BCUT2D eigenvalue weighted by Gasteiger charge is -2.15. The van der Waals surface area contributed by atoms with Crippen molar-refractivity contribution in [2.24, 2.45) is 0 Å². The maximum absolute atomic E-state index is 12.5. The third-order valence-corrected chi connectivity index (χ3v) is 6.21. The van der Waals surface area contributed by atoms with E-state index in [2.05, 4.69) is 21.3 Å². The van der Waals surface area contributed by atoms with Gasteiger partial charge in [-0.15, -0.1) is 25.6 Å². The van der Waals surface area contributed by atoms with Crippen molar-refractivity contribution in [3.8, 4) is 5.75 Å². The van der Waals surface area contributed by atoms with Crippen molar-refractivity contribution < 1.29 is 26.3 Å². The quantitative estimate of drug-likeness (QED) is 0.626. The van der Waals surface area contributed by atoms with E-state index >= 15 is 0 Å². The predicted molar refractivity (Wildman–Crippen MR) is 112 cm³/mol. The molecule has 1 saturated heterocycles. The van der Waals surface area contributed by atoms with Gasteiger partial charge in [-0.1, -0.05) is 19.1 Å². The monoisotopic (exact) mass is 464 g/mol. The van der Waals surface area contributed by atoms with Crippen LogP contribution in [0.25, 0.3) is 0 Å². The summed E-state index contributed by atoms with van der Waals surface area (Å²) in [5, 5.41) is 0. The second-order valence-corrected chi connectivity index (χ2v) is 8.72. The van der Waals surface area contributed by atoms with E-state index in [4.69, 9.17) is 0 Å². The number of halogens is 4. The van der Waals surface area contributed by atoms with E-state index in [1.165, 1.54) is 5.56 Å². The number of hydrogen-bond acceptors (Lipinski definition) is 4. The lowest BCUT2D eigenvalue weighted by atomic mass is 9.98. The molecule has 0 aliphatic carbocycles. The van der Waals surface area contributed by atoms with Gasteiger partial charge in [-0.05, 0) is 73.8 Å². The largest absolute Gasteiger partial charge is 0.573 e. The summed E-state index contributed by atoms with van der Waals surface area (Å²) in [6.07, 6.45) is -2.62. The summed E-state index contributed by atoms with van der Waals surface area (Å²) >= 11 is 0. The highest BCUT2D eigenvalue weighted by Gasteiger charge is 2.31. The van der Waals surface area contributed by atoms with Crippen LogP contribution in [0.1, 0.15) is 31.2 Å². The third kappa shape index (κ3) is 6.52. The maximum atomic E-state index is 12.5. The smallest absolute Gasteiger partial charge is 0.406 e. The SMILES string of the molecule is CCCN1CCC(c2ccc(NS(=O)(=O)c3ccc(OC(F)(F)F)cc3)cc2)C1.Cl. The number of hydrogen-bond donors (Lipinski definition) is 1. The molecule has 10 heteroatoms. The molecule has 166 valence electrons. The van der Waals surface area contributed by atoms with Crippen molar-refractivity contribution >= 4 is 28.1 Å². The van der Waals surface area contributed by atoms with Crippen molar-refractivity contribution in [1.82, 2.24) is 4.90 Å². The summed E-state index contributed by atoms with van der Waals surface area (Å²) in [5.74, 6) is -0.0390. The normalized spacial score (nSPS) is 17.4. The minimum absolute atomic E-state index is 0. The van der Waals surface area contributed by atoms with Gasteiger partial charge in [0.05, 0.1) is 4.90 Å². The Morgan fingerprint density at radius 2 is 1.73 bits per heavy atom. The Labute approximate surface area is 180 Å². The summed E-state index contributed by atoms with van der Waals surface area (Å²) in [6.45, 7) is 5.32. The van der Waals surface area contributed by atoms with Crippen LogP contribution in [0.4, 0.5) is 18.9 Å². The van der Waals surface area contributed by atoms with Gasteiger partial charge in [-0.3, -0.25) is 4.72 Å². The molecule has 5 nitrogen and oxygen atoms in total. The Bertz CT molecular complexity index is 920. The molecule has 1 heterocycles. The number of alkyl halides is 3. The fraction of sp³-hybridized carbons (Fsp3) is 0.400. The molecule has 0 aromatic heterocycles. The van der Waals surface area contributed by atoms with Crippen LogP contribution in [0.2, 0.25) is 0 Å². The summed E-state index contributed by atoms with van der Waals surface area (Å²) < 4.78 is 67.8. The molecule has 1 N–H and O–H groups in total. The minimum Gasteiger partial charge on any atom is -0.406 e. The molecule has 30 heavy (non-hydrogen) atoms. The Balaban J connectivity index is 0.00000320. The first-order valence-corrected chi connectivity index (χ1v) is 10.9. The number of nitrogens with zero attached hydrogens (tertiary/aromatic N) is 1. The number of nitrogens with one attached hydrogen (secondary N) is 1. The summed E-state index contributed by atoms with van der Waals surface area (Å²) in [5.41, 5.74) is 1.56. The van der Waals surface area contributed by atoms with E-state index in [1.54, 1.807) is 12.1 Å². The molecule has 2 aromatic rings. The Morgan fingerprint density at radius 3 is 2.30 bits per heavy atom. The zero-order valence-corrected chi connectivity index (χ0v) is 18.0. The number of rotatable bonds is 7. The molecule has 0 radical (unpaired) electrons. The van der Waals surface area contributed by atoms with Crippen LogP contribution in [0.5, 0.6) is 5.75 Å². The van der Waals surface area contributed by atoms with Crippen LogP contribution in [0.15, 0.2) is 53.4 Å². The molecule has 0 bridgehead atoms. The summed E-state index contributed by atoms with van der Waals surface area (Å²) in [4.78, 5) is 2.27. The van der Waals surface area contributed by atoms with Crippen LogP contribution < -0.4 is 9.46 Å². The van der Waals surface area contributed by atoms with Crippen molar-refractivity contribution in [2.45, 2.75) is 36.9 Å². The van der Waals surface area contributed by atoms with E-state index in [0.717, 1.165) is 56.7 Å². The van der Waals surface area contributed by atoms with Gasteiger partial charge in [-0.25, -0.2) is 8.42 Å². The van der Waals surface area contributed by atoms with Crippen LogP contribution >= 0.6 is 12.4 Å². The zero-order valence-electron chi connectivity index (χ0n) is 16.4. The highest BCUT2D eigenvalue weighted by atomic mass is 35.5. The zero-order chi connectivity index (χ0) is 21.1. The van der Waals surface area contributed by atoms with Gasteiger partial charge in [0.15, 0.2) is 0 Å². The average Bonchev–Trinajstić information content (AvgIpc) is 3.10. The molecule has 0 amide bonds. The van der Waals surface area contributed by atoms with Gasteiger partial charge in [-0.2, -0.15) is 0 Å². The predicted octanol–water partition coefficient (Wildman–Crippen LogP) is 5.01. The number of ether oxygens (including phenoxy) is 1. The first-order chi connectivity index (χ1) is 13.7. The maximum Gasteiger partial charge on any atom is 0.573 e. The molecule has 0 saturated carbocycles. The molecule has 0 spiro atoms. The molecule has 3 rings (SSSR count). The molecule has 1 aliphatic heterocycles. The van der Waals surface area contributed by atoms with Crippen molar-refractivity contribution in [3.63, 3.8) is 0 Å². The van der Waals surface area contributed by atoms with Gasteiger partial charge in [0.25, 0.3) is 10.0 Å².